The Bertz CT molecular complexity index is 1220. The second-order valence-corrected chi connectivity index (χ2v) is 12.1. The Morgan fingerprint density at radius 2 is 1.69 bits per heavy atom. The van der Waals surface area contributed by atoms with Crippen LogP contribution >= 0.6 is 11.6 Å². The zero-order valence-corrected chi connectivity index (χ0v) is 21.2. The van der Waals surface area contributed by atoms with Crippen molar-refractivity contribution >= 4 is 39.1 Å². The molecule has 0 aromatic heterocycles. The SMILES string of the molecule is O=C1CC2(CCCC2)C(=O)N1c1ccc(S(=O)(=O)NC2CCN(Cc3ccccc3)CC2)cc1Cl. The van der Waals surface area contributed by atoms with Crippen molar-refractivity contribution in [3.05, 3.63) is 59.1 Å². The Hall–Kier alpha value is -2.26. The summed E-state index contributed by atoms with van der Waals surface area (Å²) in [5, 5.41) is 0.0855. The van der Waals surface area contributed by atoms with E-state index in [0.717, 1.165) is 50.2 Å². The third-order valence-corrected chi connectivity index (χ3v) is 9.41. The molecule has 2 aromatic carbocycles. The van der Waals surface area contributed by atoms with Gasteiger partial charge in [0.05, 0.1) is 21.0 Å². The van der Waals surface area contributed by atoms with Gasteiger partial charge in [0.1, 0.15) is 0 Å². The molecule has 0 unspecified atom stereocenters. The highest BCUT2D eigenvalue weighted by Crippen LogP contribution is 2.48. The Morgan fingerprint density at radius 3 is 2.34 bits per heavy atom. The number of hydrogen-bond acceptors (Lipinski definition) is 5. The molecule has 2 heterocycles. The average Bonchev–Trinajstić information content (AvgIpc) is 3.40. The average molecular weight is 516 g/mol. The number of hydrogen-bond donors (Lipinski definition) is 1. The van der Waals surface area contributed by atoms with Gasteiger partial charge in [-0.2, -0.15) is 0 Å². The Labute approximate surface area is 211 Å². The topological polar surface area (TPSA) is 86.8 Å². The molecule has 3 aliphatic rings. The van der Waals surface area contributed by atoms with E-state index in [1.54, 1.807) is 0 Å². The predicted molar refractivity (Wildman–Crippen MR) is 135 cm³/mol. The number of amides is 2. The zero-order valence-electron chi connectivity index (χ0n) is 19.6. The molecule has 1 spiro atoms. The highest BCUT2D eigenvalue weighted by Gasteiger charge is 2.53. The lowest BCUT2D eigenvalue weighted by Crippen LogP contribution is -2.44. The fraction of sp³-hybridized carbons (Fsp3) is 0.462. The minimum absolute atomic E-state index is 0.0349. The fourth-order valence-corrected chi connectivity index (χ4v) is 7.32. The van der Waals surface area contributed by atoms with Crippen molar-refractivity contribution in [2.75, 3.05) is 18.0 Å². The normalized spacial score (nSPS) is 21.3. The molecule has 3 fully saturated rings. The number of piperidine rings is 1. The van der Waals surface area contributed by atoms with Crippen LogP contribution in [0.5, 0.6) is 0 Å². The monoisotopic (exact) mass is 515 g/mol. The van der Waals surface area contributed by atoms with Gasteiger partial charge in [0.25, 0.3) is 0 Å². The van der Waals surface area contributed by atoms with Crippen molar-refractivity contribution in [2.24, 2.45) is 5.41 Å². The van der Waals surface area contributed by atoms with Crippen LogP contribution in [0, 0.1) is 5.41 Å². The number of rotatable bonds is 6. The highest BCUT2D eigenvalue weighted by atomic mass is 35.5. The summed E-state index contributed by atoms with van der Waals surface area (Å²) in [6.45, 7) is 2.47. The lowest BCUT2D eigenvalue weighted by Gasteiger charge is -2.32. The number of anilines is 1. The van der Waals surface area contributed by atoms with Crippen LogP contribution in [0.15, 0.2) is 53.4 Å². The molecule has 0 bridgehead atoms. The van der Waals surface area contributed by atoms with E-state index in [1.807, 2.05) is 18.2 Å². The number of nitrogens with one attached hydrogen (secondary N) is 1. The predicted octanol–water partition coefficient (Wildman–Crippen LogP) is 4.11. The molecule has 9 heteroatoms. The number of imide groups is 1. The first-order chi connectivity index (χ1) is 16.8. The van der Waals surface area contributed by atoms with Crippen molar-refractivity contribution in [2.45, 2.75) is 62.4 Å². The molecule has 2 aliphatic heterocycles. The van der Waals surface area contributed by atoms with Crippen molar-refractivity contribution in [3.63, 3.8) is 0 Å². The van der Waals surface area contributed by atoms with Gasteiger partial charge >= 0.3 is 0 Å². The lowest BCUT2D eigenvalue weighted by molar-refractivity contribution is -0.125. The number of sulfonamides is 1. The molecule has 1 N–H and O–H groups in total. The van der Waals surface area contributed by atoms with Gasteiger partial charge in [0.2, 0.25) is 21.8 Å². The molecular formula is C26H30ClN3O4S. The maximum atomic E-state index is 13.1. The first-order valence-corrected chi connectivity index (χ1v) is 14.1. The maximum Gasteiger partial charge on any atom is 0.240 e. The van der Waals surface area contributed by atoms with Crippen LogP contribution in [0.1, 0.15) is 50.5 Å². The standard InChI is InChI=1S/C26H30ClN3O4S/c27-22-16-21(8-9-23(22)30-24(31)17-26(25(30)32)12-4-5-13-26)35(33,34)28-20-10-14-29(15-11-20)18-19-6-2-1-3-7-19/h1-3,6-9,16,20,28H,4-5,10-15,17-18H2. The number of halogens is 1. The Morgan fingerprint density at radius 1 is 1.00 bits per heavy atom. The third-order valence-electron chi connectivity index (χ3n) is 7.59. The Kier molecular flexibility index (Phi) is 6.74. The summed E-state index contributed by atoms with van der Waals surface area (Å²) in [6.07, 6.45) is 4.95. The van der Waals surface area contributed by atoms with Gasteiger partial charge < -0.3 is 0 Å². The lowest BCUT2D eigenvalue weighted by atomic mass is 9.84. The van der Waals surface area contributed by atoms with Crippen LogP contribution in [-0.4, -0.2) is 44.3 Å². The van der Waals surface area contributed by atoms with E-state index in [1.165, 1.54) is 23.8 Å². The van der Waals surface area contributed by atoms with E-state index in [0.29, 0.717) is 12.8 Å². The number of benzene rings is 2. The molecule has 186 valence electrons. The summed E-state index contributed by atoms with van der Waals surface area (Å²) in [5.41, 5.74) is 0.899. The van der Waals surface area contributed by atoms with Gasteiger partial charge in [-0.25, -0.2) is 18.0 Å². The van der Waals surface area contributed by atoms with Gasteiger partial charge in [0.15, 0.2) is 0 Å². The first-order valence-electron chi connectivity index (χ1n) is 12.2. The molecule has 7 nitrogen and oxygen atoms in total. The van der Waals surface area contributed by atoms with Crippen LogP contribution in [0.2, 0.25) is 5.02 Å². The summed E-state index contributed by atoms with van der Waals surface area (Å²) in [4.78, 5) is 29.3. The van der Waals surface area contributed by atoms with Crippen molar-refractivity contribution < 1.29 is 18.0 Å². The molecule has 2 saturated heterocycles. The first kappa shape index (κ1) is 24.4. The van der Waals surface area contributed by atoms with Crippen molar-refractivity contribution in [1.82, 2.24) is 9.62 Å². The van der Waals surface area contributed by atoms with Gasteiger partial charge in [0, 0.05) is 32.1 Å². The van der Waals surface area contributed by atoms with E-state index in [-0.39, 0.29) is 39.9 Å². The van der Waals surface area contributed by atoms with Gasteiger partial charge in [-0.1, -0.05) is 54.8 Å². The van der Waals surface area contributed by atoms with Crippen LogP contribution in [0.3, 0.4) is 0 Å². The molecule has 1 aliphatic carbocycles. The van der Waals surface area contributed by atoms with E-state index in [2.05, 4.69) is 21.8 Å². The highest BCUT2D eigenvalue weighted by molar-refractivity contribution is 7.89. The zero-order chi connectivity index (χ0) is 24.6. The second kappa shape index (κ2) is 9.65. The van der Waals surface area contributed by atoms with E-state index >= 15 is 0 Å². The van der Waals surface area contributed by atoms with Gasteiger partial charge in [-0.3, -0.25) is 14.5 Å². The second-order valence-electron chi connectivity index (χ2n) is 9.97. The molecule has 1 saturated carbocycles. The fourth-order valence-electron chi connectivity index (χ4n) is 5.65. The number of carbonyl (C=O) groups is 2. The van der Waals surface area contributed by atoms with Crippen LogP contribution in [0.4, 0.5) is 5.69 Å². The van der Waals surface area contributed by atoms with Crippen molar-refractivity contribution in [1.29, 1.82) is 0 Å². The van der Waals surface area contributed by atoms with E-state index in [9.17, 15) is 18.0 Å². The molecule has 0 atom stereocenters. The summed E-state index contributed by atoms with van der Waals surface area (Å²) in [5.74, 6) is -0.479. The largest absolute Gasteiger partial charge is 0.299 e. The van der Waals surface area contributed by atoms with Crippen molar-refractivity contribution in [3.8, 4) is 0 Å². The van der Waals surface area contributed by atoms with Gasteiger partial charge in [-0.15, -0.1) is 0 Å². The summed E-state index contributed by atoms with van der Waals surface area (Å²) in [6, 6.07) is 14.3. The molecule has 5 rings (SSSR count). The van der Waals surface area contributed by atoms with E-state index < -0.39 is 15.4 Å². The van der Waals surface area contributed by atoms with Crippen LogP contribution in [0.25, 0.3) is 0 Å². The summed E-state index contributed by atoms with van der Waals surface area (Å²) < 4.78 is 28.9. The number of carbonyl (C=O) groups excluding carboxylic acids is 2. The molecule has 35 heavy (non-hydrogen) atoms. The number of nitrogens with zero attached hydrogens (tertiary/aromatic N) is 2. The molecular weight excluding hydrogens is 486 g/mol. The minimum Gasteiger partial charge on any atom is -0.299 e. The molecule has 0 radical (unpaired) electrons. The maximum absolute atomic E-state index is 13.1. The molecule has 2 aromatic rings. The molecule has 2 amide bonds. The summed E-state index contributed by atoms with van der Waals surface area (Å²) >= 11 is 6.44. The Balaban J connectivity index is 1.24. The summed E-state index contributed by atoms with van der Waals surface area (Å²) in [7, 11) is -3.79. The van der Waals surface area contributed by atoms with Crippen LogP contribution in [-0.2, 0) is 26.2 Å². The smallest absolute Gasteiger partial charge is 0.240 e. The quantitative estimate of drug-likeness (QED) is 0.585. The minimum atomic E-state index is -3.79. The third kappa shape index (κ3) is 4.89. The van der Waals surface area contributed by atoms with Crippen LogP contribution < -0.4 is 9.62 Å². The van der Waals surface area contributed by atoms with E-state index in [4.69, 9.17) is 11.6 Å². The number of likely N-dealkylation sites (tertiary alicyclic amines) is 1. The van der Waals surface area contributed by atoms with Gasteiger partial charge in [-0.05, 0) is 49.4 Å².